The van der Waals surface area contributed by atoms with Gasteiger partial charge in [-0.15, -0.1) is 0 Å². The van der Waals surface area contributed by atoms with Crippen molar-refractivity contribution in [1.29, 1.82) is 0 Å². The Morgan fingerprint density at radius 2 is 1.79 bits per heavy atom. The molecule has 0 N–H and O–H groups in total. The molecule has 4 bridgehead atoms. The minimum atomic E-state index is -0.993. The Labute approximate surface area is 109 Å². The molecule has 0 aromatic rings. The fourth-order valence-corrected chi connectivity index (χ4v) is 3.23. The molecule has 0 spiro atoms. The molecule has 1 saturated carbocycles. The summed E-state index contributed by atoms with van der Waals surface area (Å²) >= 11 is 0. The van der Waals surface area contributed by atoms with E-state index < -0.39 is 29.4 Å². The van der Waals surface area contributed by atoms with Gasteiger partial charge in [0.25, 0.3) is 0 Å². The molecule has 3 aliphatic rings. The number of esters is 3. The summed E-state index contributed by atoms with van der Waals surface area (Å²) < 4.78 is 16.0. The van der Waals surface area contributed by atoms with Crippen LogP contribution in [0.25, 0.3) is 0 Å². The predicted molar refractivity (Wildman–Crippen MR) is 60.7 cm³/mol. The molecule has 2 atom stereocenters. The van der Waals surface area contributed by atoms with Crippen molar-refractivity contribution in [2.24, 2.45) is 5.92 Å². The van der Waals surface area contributed by atoms with Crippen LogP contribution in [-0.2, 0) is 28.6 Å². The molecule has 2 saturated heterocycles. The van der Waals surface area contributed by atoms with Gasteiger partial charge >= 0.3 is 17.9 Å². The first-order valence-corrected chi connectivity index (χ1v) is 6.28. The molecule has 0 aromatic carbocycles. The Morgan fingerprint density at radius 1 is 1.21 bits per heavy atom. The second-order valence-electron chi connectivity index (χ2n) is 5.33. The number of carbonyl (C=O) groups excluding carboxylic acids is 3. The highest BCUT2D eigenvalue weighted by Crippen LogP contribution is 2.45. The van der Waals surface area contributed by atoms with E-state index in [0.717, 1.165) is 6.08 Å². The van der Waals surface area contributed by atoms with Gasteiger partial charge in [-0.3, -0.25) is 9.59 Å². The monoisotopic (exact) mass is 266 g/mol. The first-order chi connectivity index (χ1) is 9.01. The van der Waals surface area contributed by atoms with Crippen molar-refractivity contribution in [2.75, 3.05) is 0 Å². The van der Waals surface area contributed by atoms with Crippen molar-refractivity contribution in [3.63, 3.8) is 0 Å². The molecule has 3 fully saturated rings. The third-order valence-corrected chi connectivity index (χ3v) is 3.92. The summed E-state index contributed by atoms with van der Waals surface area (Å²) in [5, 5.41) is 0. The molecular formula is C13H14O6. The van der Waals surface area contributed by atoms with Gasteiger partial charge in [0.2, 0.25) is 0 Å². The molecule has 19 heavy (non-hydrogen) atoms. The Bertz CT molecular complexity index is 442. The van der Waals surface area contributed by atoms with Crippen LogP contribution >= 0.6 is 0 Å². The van der Waals surface area contributed by atoms with E-state index in [1.165, 1.54) is 0 Å². The highest BCUT2D eigenvalue weighted by molar-refractivity contribution is 5.96. The molecule has 102 valence electrons. The topological polar surface area (TPSA) is 78.9 Å². The summed E-state index contributed by atoms with van der Waals surface area (Å²) in [7, 11) is 0. The lowest BCUT2D eigenvalue weighted by atomic mass is 9.78. The van der Waals surface area contributed by atoms with E-state index >= 15 is 0 Å². The highest BCUT2D eigenvalue weighted by Gasteiger charge is 2.56. The maximum atomic E-state index is 11.8. The van der Waals surface area contributed by atoms with E-state index in [1.807, 2.05) is 0 Å². The van der Waals surface area contributed by atoms with Gasteiger partial charge in [0, 0.05) is 31.8 Å². The van der Waals surface area contributed by atoms with Gasteiger partial charge in [0.05, 0.1) is 0 Å². The second kappa shape index (κ2) is 4.08. The number of hydrogen-bond donors (Lipinski definition) is 0. The van der Waals surface area contributed by atoms with Crippen LogP contribution in [0.1, 0.15) is 25.7 Å². The van der Waals surface area contributed by atoms with Crippen molar-refractivity contribution in [1.82, 2.24) is 0 Å². The summed E-state index contributed by atoms with van der Waals surface area (Å²) in [5.41, 5.74) is -0.859. The maximum absolute atomic E-state index is 11.8. The van der Waals surface area contributed by atoms with Crippen molar-refractivity contribution in [3.05, 3.63) is 12.7 Å². The largest absolute Gasteiger partial charge is 0.461 e. The van der Waals surface area contributed by atoms with Gasteiger partial charge in [0.15, 0.2) is 5.92 Å². The van der Waals surface area contributed by atoms with Crippen LogP contribution in [0, 0.1) is 5.92 Å². The number of rotatable bonds is 2. The lowest BCUT2D eigenvalue weighted by molar-refractivity contribution is -0.179. The van der Waals surface area contributed by atoms with Crippen LogP contribution in [0.5, 0.6) is 0 Å². The molecular weight excluding hydrogens is 252 g/mol. The molecule has 2 aliphatic heterocycles. The van der Waals surface area contributed by atoms with Crippen LogP contribution in [0.15, 0.2) is 12.7 Å². The first-order valence-electron chi connectivity index (χ1n) is 6.28. The fraction of sp³-hybridized carbons (Fsp3) is 0.615. The zero-order valence-corrected chi connectivity index (χ0v) is 10.3. The number of ether oxygens (including phenoxy) is 3. The summed E-state index contributed by atoms with van der Waals surface area (Å²) in [6, 6.07) is 0. The van der Waals surface area contributed by atoms with Crippen LogP contribution < -0.4 is 0 Å². The SMILES string of the molecule is C=CC(=O)OC12CC3CC(C1)OC(=O)C(C2)C(=O)O3. The molecule has 0 amide bonds. The molecule has 0 aromatic heterocycles. The minimum Gasteiger partial charge on any atom is -0.461 e. The molecule has 1 aliphatic carbocycles. The van der Waals surface area contributed by atoms with E-state index in [9.17, 15) is 14.4 Å². The summed E-state index contributed by atoms with van der Waals surface area (Å²) in [6.07, 6.45) is 1.80. The van der Waals surface area contributed by atoms with E-state index in [-0.39, 0.29) is 18.6 Å². The number of hydrogen-bond acceptors (Lipinski definition) is 6. The lowest BCUT2D eigenvalue weighted by Gasteiger charge is -2.39. The molecule has 6 nitrogen and oxygen atoms in total. The van der Waals surface area contributed by atoms with E-state index in [2.05, 4.69) is 6.58 Å². The van der Waals surface area contributed by atoms with Crippen LogP contribution in [0.3, 0.4) is 0 Å². The normalized spacial score (nSPS) is 39.9. The van der Waals surface area contributed by atoms with Gasteiger partial charge in [0.1, 0.15) is 17.8 Å². The fourth-order valence-electron chi connectivity index (χ4n) is 3.23. The third kappa shape index (κ3) is 2.01. The van der Waals surface area contributed by atoms with Gasteiger partial charge in [-0.2, -0.15) is 0 Å². The Hall–Kier alpha value is -1.85. The third-order valence-electron chi connectivity index (χ3n) is 3.92. The Kier molecular flexibility index (Phi) is 2.62. The highest BCUT2D eigenvalue weighted by atomic mass is 16.6. The van der Waals surface area contributed by atoms with E-state index in [4.69, 9.17) is 14.2 Å². The Balaban J connectivity index is 1.97. The smallest absolute Gasteiger partial charge is 0.330 e. The summed E-state index contributed by atoms with van der Waals surface area (Å²) in [4.78, 5) is 35.2. The number of carbonyl (C=O) groups is 3. The maximum Gasteiger partial charge on any atom is 0.330 e. The van der Waals surface area contributed by atoms with Gasteiger partial charge in [-0.1, -0.05) is 6.58 Å². The lowest BCUT2D eigenvalue weighted by Crippen LogP contribution is -2.45. The minimum absolute atomic E-state index is 0.136. The molecule has 6 heteroatoms. The van der Waals surface area contributed by atoms with E-state index in [0.29, 0.717) is 19.3 Å². The molecule has 0 radical (unpaired) electrons. The zero-order valence-electron chi connectivity index (χ0n) is 10.3. The predicted octanol–water partition coefficient (Wildman–Crippen LogP) is 0.495. The average Bonchev–Trinajstić information content (AvgIpc) is 2.49. The molecule has 3 rings (SSSR count). The molecule has 2 unspecified atom stereocenters. The van der Waals surface area contributed by atoms with Gasteiger partial charge in [-0.25, -0.2) is 4.79 Å². The van der Waals surface area contributed by atoms with Crippen molar-refractivity contribution in [3.8, 4) is 0 Å². The summed E-state index contributed by atoms with van der Waals surface area (Å²) in [6.45, 7) is 3.36. The second-order valence-corrected chi connectivity index (χ2v) is 5.33. The van der Waals surface area contributed by atoms with Gasteiger partial charge in [-0.05, 0) is 0 Å². The van der Waals surface area contributed by atoms with Crippen LogP contribution in [0.4, 0.5) is 0 Å². The van der Waals surface area contributed by atoms with E-state index in [1.54, 1.807) is 0 Å². The van der Waals surface area contributed by atoms with Gasteiger partial charge < -0.3 is 14.2 Å². The number of fused-ring (bicyclic) bond motifs is 3. The Morgan fingerprint density at radius 3 is 2.32 bits per heavy atom. The quantitative estimate of drug-likeness (QED) is 0.313. The van der Waals surface area contributed by atoms with Crippen molar-refractivity contribution >= 4 is 17.9 Å². The van der Waals surface area contributed by atoms with Crippen molar-refractivity contribution < 1.29 is 28.6 Å². The molecule has 2 heterocycles. The average molecular weight is 266 g/mol. The summed E-state index contributed by atoms with van der Waals surface area (Å²) in [5.74, 6) is -2.70. The zero-order chi connectivity index (χ0) is 13.6. The van der Waals surface area contributed by atoms with Crippen LogP contribution in [-0.4, -0.2) is 35.7 Å². The van der Waals surface area contributed by atoms with Crippen molar-refractivity contribution in [2.45, 2.75) is 43.5 Å². The standard InChI is InChI=1S/C13H14O6/c1-2-10(14)19-13-4-7-3-8(5-13)18-12(16)9(6-13)11(15)17-7/h2,7-9H,1,3-6H2. The first kappa shape index (κ1) is 12.2. The van der Waals surface area contributed by atoms with Crippen LogP contribution in [0.2, 0.25) is 0 Å².